The van der Waals surface area contributed by atoms with Crippen molar-refractivity contribution in [3.05, 3.63) is 70.3 Å². The van der Waals surface area contributed by atoms with E-state index in [1.54, 1.807) is 24.3 Å². The van der Waals surface area contributed by atoms with Crippen LogP contribution in [0.25, 0.3) is 0 Å². The fourth-order valence-electron chi connectivity index (χ4n) is 1.43. The molecule has 0 N–H and O–H groups in total. The highest BCUT2D eigenvalue weighted by Crippen LogP contribution is 2.26. The Bertz CT molecular complexity index is 528. The lowest BCUT2D eigenvalue weighted by molar-refractivity contribution is -0.384. The third-order valence-electron chi connectivity index (χ3n) is 2.35. The number of hydrogen-bond acceptors (Lipinski definition) is 3. The predicted molar refractivity (Wildman–Crippen MR) is 68.8 cm³/mol. The minimum Gasteiger partial charge on any atom is -0.470 e. The molecule has 0 aliphatic carbocycles. The highest BCUT2D eigenvalue weighted by Gasteiger charge is 2.11. The van der Waals surface area contributed by atoms with E-state index in [1.165, 1.54) is 12.1 Å². The summed E-state index contributed by atoms with van der Waals surface area (Å²) in [6.07, 6.45) is 0. The number of alkyl halides is 1. The molecule has 0 saturated carbocycles. The molecular formula is C13H10ClNO3. The third-order valence-corrected chi connectivity index (χ3v) is 2.69. The van der Waals surface area contributed by atoms with Gasteiger partial charge in [-0.1, -0.05) is 29.8 Å². The van der Waals surface area contributed by atoms with Crippen LogP contribution in [0.2, 0.25) is 0 Å². The second kappa shape index (κ2) is 5.51. The van der Waals surface area contributed by atoms with Crippen molar-refractivity contribution in [1.82, 2.24) is 0 Å². The van der Waals surface area contributed by atoms with Gasteiger partial charge in [0, 0.05) is 17.7 Å². The standard InChI is InChI=1S/C13H10ClNO3/c14-13(18-12-4-2-1-3-5-12)10-6-8-11(9-7-10)15(16)17/h1-9,13H. The molecule has 0 bridgehead atoms. The molecule has 0 aliphatic heterocycles. The van der Waals surface area contributed by atoms with E-state index in [-0.39, 0.29) is 5.69 Å². The van der Waals surface area contributed by atoms with E-state index in [0.717, 1.165) is 0 Å². The molecule has 0 heterocycles. The normalized spacial score (nSPS) is 11.8. The van der Waals surface area contributed by atoms with E-state index in [9.17, 15) is 10.1 Å². The first-order valence-electron chi connectivity index (χ1n) is 5.27. The molecule has 0 saturated heterocycles. The Morgan fingerprint density at radius 2 is 1.67 bits per heavy atom. The molecule has 1 atom stereocenters. The first-order chi connectivity index (χ1) is 8.66. The van der Waals surface area contributed by atoms with Crippen LogP contribution in [-0.2, 0) is 0 Å². The molecule has 92 valence electrons. The Balaban J connectivity index is 2.09. The number of nitro benzene ring substituents is 1. The lowest BCUT2D eigenvalue weighted by Gasteiger charge is -2.12. The van der Waals surface area contributed by atoms with Gasteiger partial charge in [0.2, 0.25) is 0 Å². The molecule has 0 radical (unpaired) electrons. The van der Waals surface area contributed by atoms with E-state index in [0.29, 0.717) is 11.3 Å². The van der Waals surface area contributed by atoms with Crippen LogP contribution in [0.15, 0.2) is 54.6 Å². The van der Waals surface area contributed by atoms with Crippen molar-refractivity contribution in [2.75, 3.05) is 0 Å². The van der Waals surface area contributed by atoms with Crippen LogP contribution in [0.3, 0.4) is 0 Å². The number of para-hydroxylation sites is 1. The number of rotatable bonds is 4. The fraction of sp³-hybridized carbons (Fsp3) is 0.0769. The smallest absolute Gasteiger partial charge is 0.269 e. The SMILES string of the molecule is O=[N+]([O-])c1ccc(C(Cl)Oc2ccccc2)cc1. The Hall–Kier alpha value is -2.07. The van der Waals surface area contributed by atoms with Crippen LogP contribution >= 0.6 is 11.6 Å². The van der Waals surface area contributed by atoms with Gasteiger partial charge in [-0.2, -0.15) is 0 Å². The van der Waals surface area contributed by atoms with Gasteiger partial charge in [0.25, 0.3) is 5.69 Å². The molecule has 0 aliphatic rings. The Kier molecular flexibility index (Phi) is 3.79. The molecule has 2 rings (SSSR count). The minimum atomic E-state index is -0.673. The molecule has 2 aromatic carbocycles. The van der Waals surface area contributed by atoms with Crippen LogP contribution < -0.4 is 4.74 Å². The van der Waals surface area contributed by atoms with Crippen molar-refractivity contribution in [3.63, 3.8) is 0 Å². The van der Waals surface area contributed by atoms with Gasteiger partial charge in [-0.15, -0.1) is 0 Å². The zero-order valence-electron chi connectivity index (χ0n) is 9.32. The Morgan fingerprint density at radius 1 is 1.06 bits per heavy atom. The van der Waals surface area contributed by atoms with Crippen molar-refractivity contribution in [2.24, 2.45) is 0 Å². The van der Waals surface area contributed by atoms with E-state index in [4.69, 9.17) is 16.3 Å². The summed E-state index contributed by atoms with van der Waals surface area (Å²) in [6.45, 7) is 0. The lowest BCUT2D eigenvalue weighted by Crippen LogP contribution is -2.00. The minimum absolute atomic E-state index is 0.0299. The molecule has 1 unspecified atom stereocenters. The largest absolute Gasteiger partial charge is 0.470 e. The maximum atomic E-state index is 10.5. The van der Waals surface area contributed by atoms with Gasteiger partial charge >= 0.3 is 0 Å². The zero-order valence-corrected chi connectivity index (χ0v) is 10.1. The number of hydrogen-bond donors (Lipinski definition) is 0. The third kappa shape index (κ3) is 2.99. The van der Waals surface area contributed by atoms with Crippen LogP contribution in [0.1, 0.15) is 11.1 Å². The quantitative estimate of drug-likeness (QED) is 0.477. The first kappa shape index (κ1) is 12.4. The second-order valence-electron chi connectivity index (χ2n) is 3.60. The van der Waals surface area contributed by atoms with E-state index < -0.39 is 10.5 Å². The maximum Gasteiger partial charge on any atom is 0.269 e. The average Bonchev–Trinajstić information content (AvgIpc) is 2.40. The number of nitrogens with zero attached hydrogens (tertiary/aromatic N) is 1. The van der Waals surface area contributed by atoms with Gasteiger partial charge in [-0.25, -0.2) is 0 Å². The summed E-state index contributed by atoms with van der Waals surface area (Å²) in [7, 11) is 0. The number of benzene rings is 2. The van der Waals surface area contributed by atoms with Gasteiger partial charge in [-0.3, -0.25) is 10.1 Å². The van der Waals surface area contributed by atoms with Crippen molar-refractivity contribution >= 4 is 17.3 Å². The van der Waals surface area contributed by atoms with Crippen molar-refractivity contribution in [2.45, 2.75) is 5.56 Å². The maximum absolute atomic E-state index is 10.5. The molecule has 0 amide bonds. The topological polar surface area (TPSA) is 52.4 Å². The summed E-state index contributed by atoms with van der Waals surface area (Å²) >= 11 is 6.08. The van der Waals surface area contributed by atoms with Crippen LogP contribution in [-0.4, -0.2) is 4.92 Å². The van der Waals surface area contributed by atoms with Gasteiger partial charge < -0.3 is 4.74 Å². The molecule has 0 spiro atoms. The molecule has 2 aromatic rings. The summed E-state index contributed by atoms with van der Waals surface area (Å²) < 4.78 is 5.50. The van der Waals surface area contributed by atoms with Crippen molar-refractivity contribution < 1.29 is 9.66 Å². The van der Waals surface area contributed by atoms with Crippen molar-refractivity contribution in [1.29, 1.82) is 0 Å². The number of nitro groups is 1. The highest BCUT2D eigenvalue weighted by atomic mass is 35.5. The molecule has 5 heteroatoms. The van der Waals surface area contributed by atoms with E-state index in [1.807, 2.05) is 18.2 Å². The Labute approximate surface area is 109 Å². The number of halogens is 1. The second-order valence-corrected chi connectivity index (χ2v) is 3.99. The molecule has 0 aromatic heterocycles. The summed E-state index contributed by atoms with van der Waals surface area (Å²) in [6, 6.07) is 15.1. The lowest BCUT2D eigenvalue weighted by atomic mass is 10.2. The number of non-ortho nitro benzene ring substituents is 1. The van der Waals surface area contributed by atoms with E-state index in [2.05, 4.69) is 0 Å². The molecule has 0 fully saturated rings. The average molecular weight is 264 g/mol. The molecular weight excluding hydrogens is 254 g/mol. The van der Waals surface area contributed by atoms with Gasteiger partial charge in [0.15, 0.2) is 5.56 Å². The molecule has 18 heavy (non-hydrogen) atoms. The summed E-state index contributed by atoms with van der Waals surface area (Å²) in [5.41, 5.74) is 0.0293. The van der Waals surface area contributed by atoms with E-state index >= 15 is 0 Å². The van der Waals surface area contributed by atoms with Crippen molar-refractivity contribution in [3.8, 4) is 5.75 Å². The van der Waals surface area contributed by atoms with Gasteiger partial charge in [0.1, 0.15) is 5.75 Å². The van der Waals surface area contributed by atoms with Crippen LogP contribution in [0.4, 0.5) is 5.69 Å². The fourth-order valence-corrected chi connectivity index (χ4v) is 1.68. The van der Waals surface area contributed by atoms with Crippen LogP contribution in [0.5, 0.6) is 5.75 Å². The van der Waals surface area contributed by atoms with Gasteiger partial charge in [0.05, 0.1) is 4.92 Å². The van der Waals surface area contributed by atoms with Gasteiger partial charge in [-0.05, 0) is 24.3 Å². The summed E-state index contributed by atoms with van der Waals surface area (Å²) in [5, 5.41) is 10.5. The Morgan fingerprint density at radius 3 is 2.22 bits per heavy atom. The van der Waals surface area contributed by atoms with Crippen LogP contribution in [0, 0.1) is 10.1 Å². The highest BCUT2D eigenvalue weighted by molar-refractivity contribution is 6.20. The number of ether oxygens (including phenoxy) is 1. The molecule has 4 nitrogen and oxygen atoms in total. The summed E-state index contributed by atoms with van der Waals surface area (Å²) in [4.78, 5) is 10.1. The zero-order chi connectivity index (χ0) is 13.0. The predicted octanol–water partition coefficient (Wildman–Crippen LogP) is 3.91. The monoisotopic (exact) mass is 263 g/mol. The summed E-state index contributed by atoms with van der Waals surface area (Å²) in [5.74, 6) is 0.649. The first-order valence-corrected chi connectivity index (χ1v) is 5.70.